The molecule has 5 nitrogen and oxygen atoms in total. The molecular formula is C20H21N3O2S. The lowest BCUT2D eigenvalue weighted by molar-refractivity contribution is 0.387. The summed E-state index contributed by atoms with van der Waals surface area (Å²) in [6.07, 6.45) is 0. The van der Waals surface area contributed by atoms with Crippen LogP contribution in [0.2, 0.25) is 0 Å². The summed E-state index contributed by atoms with van der Waals surface area (Å²) in [5.74, 6) is 0.594. The lowest BCUT2D eigenvalue weighted by atomic mass is 10.1. The number of hydrogen-bond acceptors (Lipinski definition) is 4. The van der Waals surface area contributed by atoms with E-state index in [1.54, 1.807) is 0 Å². The van der Waals surface area contributed by atoms with E-state index in [0.717, 1.165) is 31.8 Å². The Morgan fingerprint density at radius 3 is 1.96 bits per heavy atom. The van der Waals surface area contributed by atoms with Gasteiger partial charge in [-0.1, -0.05) is 48.5 Å². The van der Waals surface area contributed by atoms with Crippen LogP contribution in [0.15, 0.2) is 70.6 Å². The fraction of sp³-hybridized carbons (Fsp3) is 0.250. The van der Waals surface area contributed by atoms with E-state index in [-0.39, 0.29) is 0 Å². The van der Waals surface area contributed by atoms with Gasteiger partial charge in [-0.2, -0.15) is 8.42 Å². The average Bonchev–Trinajstić information content (AvgIpc) is 2.92. The molecule has 0 aromatic heterocycles. The monoisotopic (exact) mass is 367 g/mol. The number of hydrogen-bond donors (Lipinski definition) is 0. The summed E-state index contributed by atoms with van der Waals surface area (Å²) in [6.45, 7) is 5.05. The van der Waals surface area contributed by atoms with Gasteiger partial charge >= 0.3 is 0 Å². The number of sulfonamides is 1. The normalized spacial score (nSPS) is 19.7. The molecule has 2 heterocycles. The van der Waals surface area contributed by atoms with Crippen molar-refractivity contribution in [3.63, 3.8) is 0 Å². The summed E-state index contributed by atoms with van der Waals surface area (Å²) in [7, 11) is -3.64. The van der Waals surface area contributed by atoms with E-state index in [9.17, 15) is 8.42 Å². The zero-order valence-electron chi connectivity index (χ0n) is 14.7. The van der Waals surface area contributed by atoms with Gasteiger partial charge in [0, 0.05) is 37.4 Å². The Morgan fingerprint density at radius 2 is 1.35 bits per heavy atom. The molecule has 0 spiro atoms. The van der Waals surface area contributed by atoms with Crippen LogP contribution in [0.3, 0.4) is 0 Å². The molecular weight excluding hydrogens is 346 g/mol. The Morgan fingerprint density at radius 1 is 0.808 bits per heavy atom. The van der Waals surface area contributed by atoms with E-state index >= 15 is 0 Å². The van der Waals surface area contributed by atoms with E-state index in [0.29, 0.717) is 16.3 Å². The van der Waals surface area contributed by atoms with Gasteiger partial charge in [0.05, 0.1) is 0 Å². The third-order valence-electron chi connectivity index (χ3n) is 4.88. The van der Waals surface area contributed by atoms with Gasteiger partial charge in [0.15, 0.2) is 0 Å². The van der Waals surface area contributed by atoms with Crippen molar-refractivity contribution in [2.24, 2.45) is 4.40 Å². The van der Waals surface area contributed by atoms with E-state index in [4.69, 9.17) is 0 Å². The molecule has 1 saturated heterocycles. The second kappa shape index (κ2) is 6.61. The smallest absolute Gasteiger partial charge is 0.285 e. The highest BCUT2D eigenvalue weighted by molar-refractivity contribution is 8.00. The van der Waals surface area contributed by atoms with Crippen LogP contribution >= 0.6 is 0 Å². The van der Waals surface area contributed by atoms with Crippen molar-refractivity contribution >= 4 is 26.5 Å². The maximum absolute atomic E-state index is 12.6. The number of amidine groups is 1. The zero-order valence-corrected chi connectivity index (χ0v) is 15.5. The van der Waals surface area contributed by atoms with Crippen molar-refractivity contribution in [3.8, 4) is 0 Å². The van der Waals surface area contributed by atoms with Crippen LogP contribution in [0.4, 0.5) is 5.69 Å². The molecule has 0 aliphatic carbocycles. The largest absolute Gasteiger partial charge is 0.368 e. The van der Waals surface area contributed by atoms with Crippen LogP contribution in [-0.4, -0.2) is 45.3 Å². The summed E-state index contributed by atoms with van der Waals surface area (Å²) >= 11 is 0. The molecule has 0 saturated carbocycles. The molecule has 1 fully saturated rings. The molecule has 2 aromatic carbocycles. The second-order valence-electron chi connectivity index (χ2n) is 6.52. The molecule has 134 valence electrons. The number of rotatable bonds is 2. The van der Waals surface area contributed by atoms with Gasteiger partial charge in [-0.3, -0.25) is 0 Å². The molecule has 2 aliphatic heterocycles. The number of nitrogens with zero attached hydrogens (tertiary/aromatic N) is 3. The molecule has 0 atom stereocenters. The van der Waals surface area contributed by atoms with Gasteiger partial charge < -0.3 is 9.80 Å². The summed E-state index contributed by atoms with van der Waals surface area (Å²) in [5.41, 5.74) is 2.64. The minimum absolute atomic E-state index is 0.332. The molecule has 4 rings (SSSR count). The Labute approximate surface area is 154 Å². The fourth-order valence-corrected chi connectivity index (χ4v) is 5.07. The molecule has 0 N–H and O–H groups in total. The molecule has 0 bridgehead atoms. The fourth-order valence-electron chi connectivity index (χ4n) is 3.59. The summed E-state index contributed by atoms with van der Waals surface area (Å²) in [5, 5.41) is 0. The maximum Gasteiger partial charge on any atom is 0.285 e. The SMILES string of the molecule is CC1=C(c2ccccc2)S(=O)(=O)N=C1N1CCN(c2ccccc2)CC1. The number of para-hydroxylation sites is 1. The van der Waals surface area contributed by atoms with Crippen molar-refractivity contribution in [2.75, 3.05) is 31.1 Å². The third kappa shape index (κ3) is 3.01. The van der Waals surface area contributed by atoms with E-state index < -0.39 is 10.0 Å². The van der Waals surface area contributed by atoms with Gasteiger partial charge in [-0.05, 0) is 24.6 Å². The first-order valence-electron chi connectivity index (χ1n) is 8.73. The number of benzene rings is 2. The van der Waals surface area contributed by atoms with Gasteiger partial charge in [0.1, 0.15) is 10.7 Å². The van der Waals surface area contributed by atoms with Crippen molar-refractivity contribution in [1.29, 1.82) is 0 Å². The minimum Gasteiger partial charge on any atom is -0.368 e. The molecule has 2 aliphatic rings. The van der Waals surface area contributed by atoms with Crippen LogP contribution in [0.5, 0.6) is 0 Å². The third-order valence-corrected chi connectivity index (χ3v) is 6.35. The van der Waals surface area contributed by atoms with E-state index in [1.807, 2.05) is 55.5 Å². The summed E-state index contributed by atoms with van der Waals surface area (Å²) in [4.78, 5) is 4.73. The highest BCUT2D eigenvalue weighted by atomic mass is 32.2. The Hall–Kier alpha value is -2.60. The second-order valence-corrected chi connectivity index (χ2v) is 8.06. The Kier molecular flexibility index (Phi) is 4.28. The number of anilines is 1. The van der Waals surface area contributed by atoms with Crippen molar-refractivity contribution < 1.29 is 8.42 Å². The highest BCUT2D eigenvalue weighted by Gasteiger charge is 2.34. The van der Waals surface area contributed by atoms with E-state index in [1.165, 1.54) is 5.69 Å². The molecule has 6 heteroatoms. The number of piperazine rings is 1. The molecule has 2 aromatic rings. The first kappa shape index (κ1) is 16.8. The van der Waals surface area contributed by atoms with Gasteiger partial charge in [-0.25, -0.2) is 0 Å². The first-order chi connectivity index (χ1) is 12.6. The molecule has 0 amide bonds. The zero-order chi connectivity index (χ0) is 18.1. The van der Waals surface area contributed by atoms with Crippen LogP contribution in [0.25, 0.3) is 4.91 Å². The average molecular weight is 367 g/mol. The lowest BCUT2D eigenvalue weighted by Gasteiger charge is -2.37. The molecule has 0 radical (unpaired) electrons. The minimum atomic E-state index is -3.64. The van der Waals surface area contributed by atoms with Gasteiger partial charge in [0.2, 0.25) is 0 Å². The standard InChI is InChI=1S/C20H21N3O2S/c1-16-19(17-8-4-2-5-9-17)26(24,25)21-20(16)23-14-12-22(13-15-23)18-10-6-3-7-11-18/h2-11H,12-15H2,1H3. The Balaban J connectivity index is 1.57. The lowest BCUT2D eigenvalue weighted by Crippen LogP contribution is -2.48. The summed E-state index contributed by atoms with van der Waals surface area (Å²) < 4.78 is 29.4. The Bertz CT molecular complexity index is 959. The first-order valence-corrected chi connectivity index (χ1v) is 10.2. The quantitative estimate of drug-likeness (QED) is 0.819. The predicted molar refractivity (Wildman–Crippen MR) is 106 cm³/mol. The van der Waals surface area contributed by atoms with E-state index in [2.05, 4.69) is 26.3 Å². The summed E-state index contributed by atoms with van der Waals surface area (Å²) in [6, 6.07) is 19.5. The molecule has 26 heavy (non-hydrogen) atoms. The maximum atomic E-state index is 12.6. The van der Waals surface area contributed by atoms with Crippen LogP contribution < -0.4 is 4.90 Å². The topological polar surface area (TPSA) is 53.0 Å². The van der Waals surface area contributed by atoms with Crippen LogP contribution in [0.1, 0.15) is 12.5 Å². The highest BCUT2D eigenvalue weighted by Crippen LogP contribution is 2.33. The van der Waals surface area contributed by atoms with Crippen molar-refractivity contribution in [3.05, 3.63) is 71.8 Å². The van der Waals surface area contributed by atoms with Crippen LogP contribution in [0, 0.1) is 0 Å². The predicted octanol–water partition coefficient (Wildman–Crippen LogP) is 2.98. The molecule has 0 unspecified atom stereocenters. The van der Waals surface area contributed by atoms with Gasteiger partial charge in [0.25, 0.3) is 10.0 Å². The van der Waals surface area contributed by atoms with Crippen molar-refractivity contribution in [2.45, 2.75) is 6.92 Å². The van der Waals surface area contributed by atoms with Crippen molar-refractivity contribution in [1.82, 2.24) is 4.90 Å². The van der Waals surface area contributed by atoms with Gasteiger partial charge in [-0.15, -0.1) is 4.40 Å². The van der Waals surface area contributed by atoms with Crippen LogP contribution in [-0.2, 0) is 10.0 Å².